The van der Waals surface area contributed by atoms with E-state index in [-0.39, 0.29) is 28.1 Å². The molecule has 0 aliphatic carbocycles. The lowest BCUT2D eigenvalue weighted by atomic mass is 10.0. The molecule has 152 valence electrons. The normalized spacial score (nSPS) is 15.4. The molecule has 7 nitrogen and oxygen atoms in total. The van der Waals surface area contributed by atoms with E-state index in [1.54, 1.807) is 18.2 Å². The molecular weight excluding hydrogens is 388 g/mol. The van der Waals surface area contributed by atoms with Gasteiger partial charge in [0.2, 0.25) is 11.0 Å². The average molecular weight is 406 g/mol. The molecule has 0 saturated heterocycles. The van der Waals surface area contributed by atoms with Crippen molar-refractivity contribution in [1.82, 2.24) is 0 Å². The minimum atomic E-state index is -0.739. The summed E-state index contributed by atoms with van der Waals surface area (Å²) in [6.45, 7) is 5.82. The highest BCUT2D eigenvalue weighted by Gasteiger charge is 2.28. The van der Waals surface area contributed by atoms with Crippen molar-refractivity contribution in [1.29, 1.82) is 0 Å². The summed E-state index contributed by atoms with van der Waals surface area (Å²) in [5.41, 5.74) is 0.957. The molecule has 0 spiro atoms. The van der Waals surface area contributed by atoms with E-state index in [1.807, 2.05) is 6.92 Å². The van der Waals surface area contributed by atoms with Crippen molar-refractivity contribution in [3.63, 3.8) is 0 Å². The number of methoxy groups -OCH3 is 2. The molecule has 0 radical (unpaired) electrons. The Morgan fingerprint density at radius 1 is 1.03 bits per heavy atom. The van der Waals surface area contributed by atoms with Crippen molar-refractivity contribution in [3.05, 3.63) is 62.6 Å². The van der Waals surface area contributed by atoms with Crippen molar-refractivity contribution in [2.45, 2.75) is 19.4 Å². The van der Waals surface area contributed by atoms with Gasteiger partial charge < -0.3 is 23.0 Å². The minimum absolute atomic E-state index is 0.139. The quantitative estimate of drug-likeness (QED) is 0.220. The Bertz CT molecular complexity index is 1490. The lowest BCUT2D eigenvalue weighted by Crippen LogP contribution is -2.13. The molecule has 2 aromatic carbocycles. The summed E-state index contributed by atoms with van der Waals surface area (Å²) in [4.78, 5) is 26.2. The molecule has 1 unspecified atom stereocenters. The molecule has 2 aromatic heterocycles. The first-order valence-corrected chi connectivity index (χ1v) is 9.36. The summed E-state index contributed by atoms with van der Waals surface area (Å²) in [6, 6.07) is 6.53. The second kappa shape index (κ2) is 6.38. The summed E-state index contributed by atoms with van der Waals surface area (Å²) in [7, 11) is 2.97. The Balaban J connectivity index is 1.91. The number of ether oxygens (including phenoxy) is 3. The van der Waals surface area contributed by atoms with Crippen LogP contribution in [0, 0.1) is 0 Å². The van der Waals surface area contributed by atoms with Crippen LogP contribution in [0.4, 0.5) is 0 Å². The predicted octanol–water partition coefficient (Wildman–Crippen LogP) is 3.95. The Morgan fingerprint density at radius 3 is 2.47 bits per heavy atom. The van der Waals surface area contributed by atoms with E-state index in [4.69, 9.17) is 23.0 Å². The van der Waals surface area contributed by atoms with Crippen LogP contribution < -0.4 is 25.3 Å². The van der Waals surface area contributed by atoms with Gasteiger partial charge in [-0.3, -0.25) is 4.79 Å². The van der Waals surface area contributed by atoms with Gasteiger partial charge in [-0.1, -0.05) is 6.58 Å². The zero-order valence-corrected chi connectivity index (χ0v) is 16.7. The van der Waals surface area contributed by atoms with Gasteiger partial charge in [0, 0.05) is 23.4 Å². The summed E-state index contributed by atoms with van der Waals surface area (Å²) < 4.78 is 27.9. The number of hydrogen-bond acceptors (Lipinski definition) is 7. The molecule has 1 aliphatic heterocycles. The second-order valence-electron chi connectivity index (χ2n) is 7.30. The van der Waals surface area contributed by atoms with Crippen LogP contribution in [0.3, 0.4) is 0 Å². The maximum Gasteiger partial charge on any atom is 0.380 e. The number of benzene rings is 2. The van der Waals surface area contributed by atoms with Crippen LogP contribution in [0.1, 0.15) is 12.5 Å². The third kappa shape index (κ3) is 2.45. The first-order chi connectivity index (χ1) is 14.4. The average Bonchev–Trinajstić information content (AvgIpc) is 3.18. The Hall–Kier alpha value is -3.74. The van der Waals surface area contributed by atoms with Crippen molar-refractivity contribution >= 4 is 32.9 Å². The Labute approximate surface area is 170 Å². The van der Waals surface area contributed by atoms with Gasteiger partial charge in [-0.2, -0.15) is 0 Å². The van der Waals surface area contributed by atoms with Crippen LogP contribution in [-0.4, -0.2) is 20.3 Å². The molecular formula is C23H18O7. The molecule has 0 bridgehead atoms. The van der Waals surface area contributed by atoms with Gasteiger partial charge in [0.1, 0.15) is 23.0 Å². The fraction of sp³-hybridized carbons (Fsp3) is 0.217. The van der Waals surface area contributed by atoms with Gasteiger partial charge in [0.25, 0.3) is 0 Å². The molecule has 0 fully saturated rings. The first-order valence-electron chi connectivity index (χ1n) is 9.36. The van der Waals surface area contributed by atoms with Crippen molar-refractivity contribution in [2.75, 3.05) is 14.2 Å². The molecule has 0 N–H and O–H groups in total. The Morgan fingerprint density at radius 2 is 1.77 bits per heavy atom. The minimum Gasteiger partial charge on any atom is -0.493 e. The van der Waals surface area contributed by atoms with E-state index in [2.05, 4.69) is 6.58 Å². The molecule has 3 heterocycles. The largest absolute Gasteiger partial charge is 0.493 e. The number of fused-ring (bicyclic) bond motifs is 6. The monoisotopic (exact) mass is 406 g/mol. The first kappa shape index (κ1) is 18.3. The van der Waals surface area contributed by atoms with Gasteiger partial charge in [-0.05, 0) is 30.7 Å². The van der Waals surface area contributed by atoms with Gasteiger partial charge in [0.15, 0.2) is 11.5 Å². The van der Waals surface area contributed by atoms with Gasteiger partial charge >= 0.3 is 5.63 Å². The SMILES string of the molecule is C=C(C)C1Cc2c(ccc3c(=O)c4c(oc23)c(=O)oc2cc(OC)c(OC)cc24)O1. The molecule has 4 aromatic rings. The summed E-state index contributed by atoms with van der Waals surface area (Å²) >= 11 is 0. The van der Waals surface area contributed by atoms with E-state index in [0.29, 0.717) is 40.0 Å². The van der Waals surface area contributed by atoms with Gasteiger partial charge in [-0.15, -0.1) is 0 Å². The molecule has 7 heteroatoms. The van der Waals surface area contributed by atoms with Crippen LogP contribution in [0.2, 0.25) is 0 Å². The third-order valence-electron chi connectivity index (χ3n) is 5.47. The van der Waals surface area contributed by atoms with Crippen molar-refractivity contribution in [3.8, 4) is 17.2 Å². The van der Waals surface area contributed by atoms with Crippen LogP contribution >= 0.6 is 0 Å². The van der Waals surface area contributed by atoms with Crippen molar-refractivity contribution < 1.29 is 23.0 Å². The maximum atomic E-state index is 13.5. The van der Waals surface area contributed by atoms with E-state index in [0.717, 1.165) is 11.1 Å². The molecule has 0 saturated carbocycles. The van der Waals surface area contributed by atoms with Gasteiger partial charge in [0.05, 0.1) is 25.0 Å². The smallest absolute Gasteiger partial charge is 0.380 e. The highest BCUT2D eigenvalue weighted by atomic mass is 16.5. The van der Waals surface area contributed by atoms with Crippen LogP contribution in [0.25, 0.3) is 32.9 Å². The number of hydrogen-bond donors (Lipinski definition) is 0. The highest BCUT2D eigenvalue weighted by Crippen LogP contribution is 2.38. The highest BCUT2D eigenvalue weighted by molar-refractivity contribution is 6.06. The fourth-order valence-electron chi connectivity index (χ4n) is 3.93. The lowest BCUT2D eigenvalue weighted by Gasteiger charge is -2.10. The van der Waals surface area contributed by atoms with Crippen molar-refractivity contribution in [2.24, 2.45) is 0 Å². The third-order valence-corrected chi connectivity index (χ3v) is 5.47. The molecule has 5 rings (SSSR count). The predicted molar refractivity (Wildman–Crippen MR) is 112 cm³/mol. The van der Waals surface area contributed by atoms with E-state index in [9.17, 15) is 9.59 Å². The molecule has 30 heavy (non-hydrogen) atoms. The van der Waals surface area contributed by atoms with Gasteiger partial charge in [-0.25, -0.2) is 4.79 Å². The maximum absolute atomic E-state index is 13.5. The molecule has 1 aliphatic rings. The number of rotatable bonds is 3. The standard InChI is InChI=1S/C23H18O7/c1-10(2)15-8-13-14(28-15)6-5-11-20(24)19-12-7-17(26-3)18(27-4)9-16(12)29-23(25)22(19)30-21(11)13/h5-7,9,15H,1,8H2,2-4H3. The molecule has 0 amide bonds. The summed E-state index contributed by atoms with van der Waals surface area (Å²) in [6.07, 6.45) is 0.316. The van der Waals surface area contributed by atoms with Crippen LogP contribution in [0.5, 0.6) is 17.2 Å². The lowest BCUT2D eigenvalue weighted by molar-refractivity contribution is 0.271. The van der Waals surface area contributed by atoms with E-state index >= 15 is 0 Å². The Kier molecular flexibility index (Phi) is 3.89. The summed E-state index contributed by atoms with van der Waals surface area (Å²) in [5.74, 6) is 1.42. The topological polar surface area (TPSA) is 88.1 Å². The van der Waals surface area contributed by atoms with E-state index in [1.165, 1.54) is 20.3 Å². The second-order valence-corrected chi connectivity index (χ2v) is 7.30. The fourth-order valence-corrected chi connectivity index (χ4v) is 3.93. The zero-order chi connectivity index (χ0) is 21.2. The van der Waals surface area contributed by atoms with E-state index < -0.39 is 5.63 Å². The van der Waals surface area contributed by atoms with Crippen LogP contribution in [-0.2, 0) is 6.42 Å². The summed E-state index contributed by atoms with van der Waals surface area (Å²) in [5, 5.41) is 0.924. The van der Waals surface area contributed by atoms with Crippen LogP contribution in [0.15, 0.2) is 54.8 Å². The zero-order valence-electron chi connectivity index (χ0n) is 16.7. The molecule has 1 atom stereocenters.